The summed E-state index contributed by atoms with van der Waals surface area (Å²) in [5.41, 5.74) is 0.341. The Kier molecular flexibility index (Phi) is 3.48. The minimum Gasteiger partial charge on any atom is -0.497 e. The Morgan fingerprint density at radius 1 is 1.43 bits per heavy atom. The van der Waals surface area contributed by atoms with Crippen LogP contribution in [0.5, 0.6) is 5.75 Å². The van der Waals surface area contributed by atoms with Crippen molar-refractivity contribution in [3.63, 3.8) is 0 Å². The normalized spacial score (nSPS) is 11.1. The molecule has 4 nitrogen and oxygen atoms in total. The van der Waals surface area contributed by atoms with Gasteiger partial charge in [0.15, 0.2) is 0 Å². The number of halogens is 1. The molecule has 0 aliphatic carbocycles. The van der Waals surface area contributed by atoms with E-state index in [1.807, 2.05) is 0 Å². The van der Waals surface area contributed by atoms with Gasteiger partial charge in [-0.15, -0.1) is 0 Å². The Balaban J connectivity index is 2.92. The third-order valence-electron chi connectivity index (χ3n) is 1.63. The summed E-state index contributed by atoms with van der Waals surface area (Å²) in [7, 11) is 1.53. The second-order valence-electron chi connectivity index (χ2n) is 2.45. The molecule has 0 heterocycles. The Hall–Kier alpha value is -1.55. The number of Topliss-reactive ketones (excluding diaryl/α,β-unsaturated/α-hetero) is 1. The first-order chi connectivity index (χ1) is 6.69. The topological polar surface area (TPSA) is 58.9 Å². The third-order valence-corrected chi connectivity index (χ3v) is 1.87. The van der Waals surface area contributed by atoms with E-state index in [9.17, 15) is 4.79 Å². The quantitative estimate of drug-likeness (QED) is 0.361. The van der Waals surface area contributed by atoms with Crippen LogP contribution in [0.2, 0.25) is 0 Å². The van der Waals surface area contributed by atoms with Crippen LogP contribution < -0.4 is 4.74 Å². The molecule has 1 aromatic carbocycles. The molecule has 14 heavy (non-hydrogen) atoms. The van der Waals surface area contributed by atoms with E-state index in [2.05, 4.69) is 5.16 Å². The molecule has 0 saturated heterocycles. The van der Waals surface area contributed by atoms with E-state index >= 15 is 0 Å². The summed E-state index contributed by atoms with van der Waals surface area (Å²) in [6.45, 7) is 0. The SMILES string of the molecule is COc1ccc(C(=O)/C(Cl)=N/O)cc1. The largest absolute Gasteiger partial charge is 0.497 e. The van der Waals surface area contributed by atoms with Crippen molar-refractivity contribution >= 4 is 22.6 Å². The second-order valence-corrected chi connectivity index (χ2v) is 2.81. The van der Waals surface area contributed by atoms with Gasteiger partial charge >= 0.3 is 0 Å². The number of ketones is 1. The standard InChI is InChI=1S/C9H8ClNO3/c1-14-7-4-2-6(3-5-7)8(12)9(10)11-13/h2-5,13H,1H3/b11-9-. The van der Waals surface area contributed by atoms with Gasteiger partial charge in [-0.25, -0.2) is 0 Å². The average Bonchev–Trinajstić information content (AvgIpc) is 2.27. The number of hydrogen-bond donors (Lipinski definition) is 1. The summed E-state index contributed by atoms with van der Waals surface area (Å²) >= 11 is 5.34. The number of rotatable bonds is 3. The summed E-state index contributed by atoms with van der Waals surface area (Å²) in [5, 5.41) is 10.4. The maximum atomic E-state index is 11.3. The van der Waals surface area contributed by atoms with Crippen LogP contribution in [0.4, 0.5) is 0 Å². The molecule has 74 valence electrons. The zero-order valence-electron chi connectivity index (χ0n) is 7.40. The Bertz CT molecular complexity index is 359. The van der Waals surface area contributed by atoms with Gasteiger partial charge in [-0.05, 0) is 24.3 Å². The maximum absolute atomic E-state index is 11.3. The van der Waals surface area contributed by atoms with Crippen molar-refractivity contribution in [1.29, 1.82) is 0 Å². The van der Waals surface area contributed by atoms with Gasteiger partial charge in [0.2, 0.25) is 11.0 Å². The zero-order valence-corrected chi connectivity index (χ0v) is 8.15. The molecule has 0 bridgehead atoms. The summed E-state index contributed by atoms with van der Waals surface area (Å²) in [4.78, 5) is 11.3. The lowest BCUT2D eigenvalue weighted by Gasteiger charge is -2.00. The number of carbonyl (C=O) groups is 1. The van der Waals surface area contributed by atoms with Crippen LogP contribution >= 0.6 is 11.6 Å². The lowest BCUT2D eigenvalue weighted by atomic mass is 10.1. The van der Waals surface area contributed by atoms with Gasteiger partial charge in [-0.3, -0.25) is 4.79 Å². The molecule has 0 aliphatic rings. The highest BCUT2D eigenvalue weighted by atomic mass is 35.5. The number of oxime groups is 1. The fourth-order valence-electron chi connectivity index (χ4n) is 0.907. The van der Waals surface area contributed by atoms with Crippen molar-refractivity contribution in [2.45, 2.75) is 0 Å². The maximum Gasteiger partial charge on any atom is 0.226 e. The first kappa shape index (κ1) is 10.5. The molecular weight excluding hydrogens is 206 g/mol. The third kappa shape index (κ3) is 2.23. The predicted molar refractivity (Wildman–Crippen MR) is 52.4 cm³/mol. The molecule has 0 fully saturated rings. The van der Waals surface area contributed by atoms with Crippen LogP contribution in [-0.2, 0) is 0 Å². The monoisotopic (exact) mass is 213 g/mol. The van der Waals surface area contributed by atoms with E-state index < -0.39 is 11.0 Å². The highest BCUT2D eigenvalue weighted by Crippen LogP contribution is 2.12. The number of benzene rings is 1. The van der Waals surface area contributed by atoms with E-state index in [0.29, 0.717) is 11.3 Å². The minimum atomic E-state index is -0.531. The Labute approximate surface area is 85.7 Å². The lowest BCUT2D eigenvalue weighted by Crippen LogP contribution is -2.07. The molecule has 1 N–H and O–H groups in total. The molecule has 5 heteroatoms. The molecular formula is C9H8ClNO3. The summed E-state index contributed by atoms with van der Waals surface area (Å²) in [6.07, 6.45) is 0. The molecule has 0 radical (unpaired) electrons. The molecule has 0 atom stereocenters. The van der Waals surface area contributed by atoms with Crippen molar-refractivity contribution in [1.82, 2.24) is 0 Å². The summed E-state index contributed by atoms with van der Waals surface area (Å²) < 4.78 is 4.91. The second kappa shape index (κ2) is 4.62. The number of carbonyl (C=O) groups excluding carboxylic acids is 1. The average molecular weight is 214 g/mol. The first-order valence-electron chi connectivity index (χ1n) is 3.75. The van der Waals surface area contributed by atoms with Gasteiger partial charge in [-0.1, -0.05) is 16.8 Å². The van der Waals surface area contributed by atoms with Crippen molar-refractivity contribution < 1.29 is 14.7 Å². The number of hydrogen-bond acceptors (Lipinski definition) is 4. The molecule has 1 rings (SSSR count). The highest BCUT2D eigenvalue weighted by Gasteiger charge is 2.11. The number of ether oxygens (including phenoxy) is 1. The van der Waals surface area contributed by atoms with Crippen LogP contribution in [0.1, 0.15) is 10.4 Å². The molecule has 1 aromatic rings. The van der Waals surface area contributed by atoms with E-state index in [4.69, 9.17) is 21.5 Å². The van der Waals surface area contributed by atoms with Gasteiger partial charge in [0.05, 0.1) is 7.11 Å². The smallest absolute Gasteiger partial charge is 0.226 e. The van der Waals surface area contributed by atoms with Crippen LogP contribution in [0.25, 0.3) is 0 Å². The molecule has 0 amide bonds. The first-order valence-corrected chi connectivity index (χ1v) is 4.13. The van der Waals surface area contributed by atoms with Crippen LogP contribution in [0, 0.1) is 0 Å². The number of methoxy groups -OCH3 is 1. The van der Waals surface area contributed by atoms with Gasteiger partial charge in [0.25, 0.3) is 0 Å². The fraction of sp³-hybridized carbons (Fsp3) is 0.111. The minimum absolute atomic E-state index is 0.341. The van der Waals surface area contributed by atoms with Crippen molar-refractivity contribution in [2.24, 2.45) is 5.16 Å². The van der Waals surface area contributed by atoms with Gasteiger partial charge in [0.1, 0.15) is 5.75 Å². The molecule has 0 aliphatic heterocycles. The van der Waals surface area contributed by atoms with Crippen molar-refractivity contribution in [3.05, 3.63) is 29.8 Å². The van der Waals surface area contributed by atoms with E-state index in [1.54, 1.807) is 12.1 Å². The van der Waals surface area contributed by atoms with Gasteiger partial charge < -0.3 is 9.94 Å². The summed E-state index contributed by atoms with van der Waals surface area (Å²) in [5.74, 6) is 0.107. The summed E-state index contributed by atoms with van der Waals surface area (Å²) in [6, 6.07) is 6.31. The van der Waals surface area contributed by atoms with Gasteiger partial charge in [0, 0.05) is 5.56 Å². The molecule has 0 spiro atoms. The van der Waals surface area contributed by atoms with Crippen LogP contribution in [0.3, 0.4) is 0 Å². The van der Waals surface area contributed by atoms with E-state index in [0.717, 1.165) is 0 Å². The number of nitrogens with zero attached hydrogens (tertiary/aromatic N) is 1. The van der Waals surface area contributed by atoms with Crippen molar-refractivity contribution in [2.75, 3.05) is 7.11 Å². The van der Waals surface area contributed by atoms with Crippen LogP contribution in [-0.4, -0.2) is 23.3 Å². The van der Waals surface area contributed by atoms with E-state index in [1.165, 1.54) is 19.2 Å². The predicted octanol–water partition coefficient (Wildman–Crippen LogP) is 1.90. The fourth-order valence-corrected chi connectivity index (χ4v) is 1.02. The van der Waals surface area contributed by atoms with E-state index in [-0.39, 0.29) is 0 Å². The van der Waals surface area contributed by atoms with Crippen molar-refractivity contribution in [3.8, 4) is 5.75 Å². The Morgan fingerprint density at radius 3 is 2.43 bits per heavy atom. The molecule has 0 aromatic heterocycles. The molecule has 0 unspecified atom stereocenters. The lowest BCUT2D eigenvalue weighted by molar-refractivity contribution is 0.106. The van der Waals surface area contributed by atoms with Gasteiger partial charge in [-0.2, -0.15) is 0 Å². The van der Waals surface area contributed by atoms with Crippen LogP contribution in [0.15, 0.2) is 29.4 Å². The molecule has 0 saturated carbocycles. The Morgan fingerprint density at radius 2 is 2.00 bits per heavy atom. The zero-order chi connectivity index (χ0) is 10.6. The highest BCUT2D eigenvalue weighted by molar-refractivity contribution is 6.84.